The van der Waals surface area contributed by atoms with Crippen molar-refractivity contribution in [1.29, 1.82) is 0 Å². The van der Waals surface area contributed by atoms with Crippen molar-refractivity contribution >= 4 is 46.3 Å². The van der Waals surface area contributed by atoms with Crippen LogP contribution in [0.15, 0.2) is 45.7 Å². The molecule has 0 unspecified atom stereocenters. The molecule has 1 aromatic carbocycles. The lowest BCUT2D eigenvalue weighted by molar-refractivity contribution is -0.114. The van der Waals surface area contributed by atoms with Gasteiger partial charge in [0.1, 0.15) is 11.5 Å². The highest BCUT2D eigenvalue weighted by atomic mass is 32.2. The molecule has 1 fully saturated rings. The average Bonchev–Trinajstić information content (AvgIpc) is 3.04. The average molecular weight is 342 g/mol. The smallest absolute Gasteiger partial charge is 0.298 e. The molecule has 0 saturated carbocycles. The van der Waals surface area contributed by atoms with E-state index in [9.17, 15) is 14.4 Å². The van der Waals surface area contributed by atoms with E-state index in [1.807, 2.05) is 0 Å². The summed E-state index contributed by atoms with van der Waals surface area (Å²) in [5.74, 6) is 0.671. The first-order chi connectivity index (χ1) is 11.4. The topological polar surface area (TPSA) is 79.6 Å². The lowest BCUT2D eigenvalue weighted by Crippen LogP contribution is -2.27. The lowest BCUT2D eigenvalue weighted by Gasteiger charge is -2.13. The zero-order valence-electron chi connectivity index (χ0n) is 13.0. The number of benzene rings is 1. The molecule has 0 atom stereocenters. The van der Waals surface area contributed by atoms with Crippen LogP contribution in [0.3, 0.4) is 0 Å². The number of hydrogen-bond donors (Lipinski definition) is 1. The highest BCUT2D eigenvalue weighted by Crippen LogP contribution is 2.36. The van der Waals surface area contributed by atoms with Crippen molar-refractivity contribution in [2.75, 3.05) is 10.2 Å². The third kappa shape index (κ3) is 3.26. The number of nitrogens with one attached hydrogen (secondary N) is 1. The van der Waals surface area contributed by atoms with Gasteiger partial charge in [0.25, 0.3) is 11.1 Å². The molecule has 3 amide bonds. The van der Waals surface area contributed by atoms with Crippen LogP contribution in [0, 0.1) is 6.92 Å². The van der Waals surface area contributed by atoms with Crippen LogP contribution in [0.25, 0.3) is 6.08 Å². The zero-order chi connectivity index (χ0) is 17.3. The number of carbonyl (C=O) groups is 3. The number of imide groups is 1. The molecule has 1 aliphatic rings. The van der Waals surface area contributed by atoms with Crippen LogP contribution >= 0.6 is 11.8 Å². The summed E-state index contributed by atoms with van der Waals surface area (Å²) in [7, 11) is 0. The van der Waals surface area contributed by atoms with E-state index in [-0.39, 0.29) is 11.1 Å². The van der Waals surface area contributed by atoms with Gasteiger partial charge in [0, 0.05) is 18.7 Å². The Morgan fingerprint density at radius 3 is 2.46 bits per heavy atom. The number of aryl methyl sites for hydroxylation is 1. The molecule has 2 aromatic rings. The van der Waals surface area contributed by atoms with Gasteiger partial charge in [-0.1, -0.05) is 0 Å². The molecule has 7 heteroatoms. The molecule has 0 spiro atoms. The van der Waals surface area contributed by atoms with E-state index in [0.717, 1.165) is 22.4 Å². The van der Waals surface area contributed by atoms with Gasteiger partial charge in [0.2, 0.25) is 5.91 Å². The molecule has 0 aliphatic carbocycles. The van der Waals surface area contributed by atoms with Gasteiger partial charge >= 0.3 is 0 Å². The van der Waals surface area contributed by atoms with Gasteiger partial charge < -0.3 is 9.73 Å². The summed E-state index contributed by atoms with van der Waals surface area (Å²) >= 11 is 0.864. The Morgan fingerprint density at radius 1 is 1.17 bits per heavy atom. The largest absolute Gasteiger partial charge is 0.462 e. The second kappa shape index (κ2) is 6.37. The Labute approximate surface area is 142 Å². The maximum absolute atomic E-state index is 12.5. The van der Waals surface area contributed by atoms with E-state index in [2.05, 4.69) is 5.32 Å². The Morgan fingerprint density at radius 2 is 1.88 bits per heavy atom. The van der Waals surface area contributed by atoms with Crippen molar-refractivity contribution < 1.29 is 18.8 Å². The highest BCUT2D eigenvalue weighted by molar-refractivity contribution is 8.19. The van der Waals surface area contributed by atoms with Crippen LogP contribution in [-0.4, -0.2) is 17.1 Å². The van der Waals surface area contributed by atoms with E-state index in [4.69, 9.17) is 4.42 Å². The van der Waals surface area contributed by atoms with Crippen molar-refractivity contribution in [3.63, 3.8) is 0 Å². The predicted molar refractivity (Wildman–Crippen MR) is 92.6 cm³/mol. The Hall–Kier alpha value is -2.80. The number of carbonyl (C=O) groups excluding carboxylic acids is 3. The fourth-order valence-corrected chi connectivity index (χ4v) is 3.07. The van der Waals surface area contributed by atoms with Crippen LogP contribution in [0.2, 0.25) is 0 Å². The first-order valence-electron chi connectivity index (χ1n) is 7.16. The van der Waals surface area contributed by atoms with Gasteiger partial charge in [-0.2, -0.15) is 0 Å². The molecule has 3 rings (SSSR count). The third-order valence-corrected chi connectivity index (χ3v) is 4.14. The molecule has 1 aromatic heterocycles. The third-order valence-electron chi connectivity index (χ3n) is 3.27. The molecular weight excluding hydrogens is 328 g/mol. The van der Waals surface area contributed by atoms with Crippen LogP contribution in [0.5, 0.6) is 0 Å². The summed E-state index contributed by atoms with van der Waals surface area (Å²) in [6.45, 7) is 3.21. The number of rotatable bonds is 3. The molecule has 1 aliphatic heterocycles. The summed E-state index contributed by atoms with van der Waals surface area (Å²) in [6, 6.07) is 10.0. The summed E-state index contributed by atoms with van der Waals surface area (Å²) in [6.07, 6.45) is 1.56. The molecule has 0 radical (unpaired) electrons. The normalized spacial score (nSPS) is 16.1. The number of furan rings is 1. The van der Waals surface area contributed by atoms with E-state index in [0.29, 0.717) is 22.0 Å². The molecule has 2 heterocycles. The molecule has 1 N–H and O–H groups in total. The van der Waals surface area contributed by atoms with Crippen LogP contribution in [0.1, 0.15) is 18.4 Å². The fourth-order valence-electron chi connectivity index (χ4n) is 2.25. The van der Waals surface area contributed by atoms with Crippen LogP contribution in [0.4, 0.5) is 16.2 Å². The van der Waals surface area contributed by atoms with E-state index >= 15 is 0 Å². The number of amides is 3. The molecular formula is C17H14N2O4S. The predicted octanol–water partition coefficient (Wildman–Crippen LogP) is 3.79. The quantitative estimate of drug-likeness (QED) is 0.859. The molecule has 1 saturated heterocycles. The number of hydrogen-bond acceptors (Lipinski definition) is 5. The summed E-state index contributed by atoms with van der Waals surface area (Å²) in [5.41, 5.74) is 1.05. The van der Waals surface area contributed by atoms with Gasteiger partial charge in [-0.3, -0.25) is 14.4 Å². The first kappa shape index (κ1) is 16.1. The van der Waals surface area contributed by atoms with Crippen molar-refractivity contribution in [2.24, 2.45) is 0 Å². The van der Waals surface area contributed by atoms with E-state index in [1.165, 1.54) is 6.92 Å². The monoisotopic (exact) mass is 342 g/mol. The molecule has 6 nitrogen and oxygen atoms in total. The van der Waals surface area contributed by atoms with Crippen molar-refractivity contribution in [3.05, 3.63) is 52.8 Å². The Kier molecular flexibility index (Phi) is 4.26. The second-order valence-corrected chi connectivity index (χ2v) is 6.19. The lowest BCUT2D eigenvalue weighted by atomic mass is 10.2. The maximum atomic E-state index is 12.5. The SMILES string of the molecule is CC(=O)Nc1ccc(N2C(=O)S/C(=C/c3ccc(C)o3)C2=O)cc1. The molecule has 0 bridgehead atoms. The van der Waals surface area contributed by atoms with Crippen LogP contribution in [-0.2, 0) is 9.59 Å². The highest BCUT2D eigenvalue weighted by Gasteiger charge is 2.36. The molecule has 24 heavy (non-hydrogen) atoms. The van der Waals surface area contributed by atoms with Gasteiger partial charge in [0.15, 0.2) is 0 Å². The standard InChI is InChI=1S/C17H14N2O4S/c1-10-3-8-14(23-10)9-15-16(21)19(17(22)24-15)13-6-4-12(5-7-13)18-11(2)20/h3-9H,1-2H3,(H,18,20)/b15-9+. The summed E-state index contributed by atoms with van der Waals surface area (Å²) in [5, 5.41) is 2.26. The van der Waals surface area contributed by atoms with Crippen LogP contribution < -0.4 is 10.2 Å². The van der Waals surface area contributed by atoms with Crippen molar-refractivity contribution in [1.82, 2.24) is 0 Å². The van der Waals surface area contributed by atoms with E-state index in [1.54, 1.807) is 49.4 Å². The first-order valence-corrected chi connectivity index (χ1v) is 7.98. The second-order valence-electron chi connectivity index (χ2n) is 5.19. The zero-order valence-corrected chi connectivity index (χ0v) is 13.8. The van der Waals surface area contributed by atoms with E-state index < -0.39 is 5.91 Å². The minimum absolute atomic E-state index is 0.189. The minimum atomic E-state index is -0.397. The number of nitrogens with zero attached hydrogens (tertiary/aromatic N) is 1. The van der Waals surface area contributed by atoms with Crippen molar-refractivity contribution in [2.45, 2.75) is 13.8 Å². The van der Waals surface area contributed by atoms with Gasteiger partial charge in [-0.25, -0.2) is 4.90 Å². The van der Waals surface area contributed by atoms with Gasteiger partial charge in [-0.05, 0) is 55.1 Å². The Bertz CT molecular complexity index is 852. The summed E-state index contributed by atoms with van der Waals surface area (Å²) in [4.78, 5) is 37.1. The summed E-state index contributed by atoms with van der Waals surface area (Å²) < 4.78 is 5.41. The maximum Gasteiger partial charge on any atom is 0.298 e. The van der Waals surface area contributed by atoms with Gasteiger partial charge in [-0.15, -0.1) is 0 Å². The Balaban J connectivity index is 1.84. The van der Waals surface area contributed by atoms with Gasteiger partial charge in [0.05, 0.1) is 10.6 Å². The minimum Gasteiger partial charge on any atom is -0.462 e. The number of thioether (sulfide) groups is 1. The fraction of sp³-hybridized carbons (Fsp3) is 0.118. The molecule has 122 valence electrons. The van der Waals surface area contributed by atoms with Crippen molar-refractivity contribution in [3.8, 4) is 0 Å². The number of anilines is 2.